The van der Waals surface area contributed by atoms with Gasteiger partial charge in [0.1, 0.15) is 10.0 Å². The maximum atomic E-state index is 9.95. The molecule has 0 saturated heterocycles. The molecule has 0 spiro atoms. The van der Waals surface area contributed by atoms with Gasteiger partial charge in [-0.3, -0.25) is 0 Å². The van der Waals surface area contributed by atoms with Gasteiger partial charge in [0.2, 0.25) is 0 Å². The first-order chi connectivity index (χ1) is 3.56. The Morgan fingerprint density at radius 1 is 1.56 bits per heavy atom. The first kappa shape index (κ1) is 12.2. The second-order valence-electron chi connectivity index (χ2n) is 1.02. The molecule has 2 N–H and O–H groups in total. The third-order valence-electron chi connectivity index (χ3n) is 0.329. The van der Waals surface area contributed by atoms with E-state index in [4.69, 9.17) is 6.58 Å². The van der Waals surface area contributed by atoms with Crippen molar-refractivity contribution >= 4 is 10.0 Å². The van der Waals surface area contributed by atoms with Gasteiger partial charge in [0.05, 0.1) is 0 Å². The molecule has 5 heteroatoms. The van der Waals surface area contributed by atoms with E-state index in [-0.39, 0.29) is 32.7 Å². The molecule has 1 radical (unpaired) electrons. The maximum Gasteiger partial charge on any atom is 0.137 e. The quantitative estimate of drug-likeness (QED) is 0.507. The first-order valence-corrected chi connectivity index (χ1v) is 3.27. The molecule has 49 valence electrons. The Kier molecular flexibility index (Phi) is 7.17. The Balaban J connectivity index is 0. The largest absolute Gasteiger partial charge is 0.394 e. The molecule has 0 aromatic rings. The van der Waals surface area contributed by atoms with Crippen LogP contribution in [-0.2, 0) is 42.7 Å². The van der Waals surface area contributed by atoms with E-state index in [0.717, 1.165) is 12.2 Å². The van der Waals surface area contributed by atoms with Crippen LogP contribution in [0.2, 0.25) is 0 Å². The first-order valence-electron chi connectivity index (χ1n) is 1.73. The van der Waals surface area contributed by atoms with Crippen LogP contribution in [-0.4, -0.2) is 8.42 Å². The molecule has 0 atom stereocenters. The van der Waals surface area contributed by atoms with E-state index in [9.17, 15) is 8.42 Å². The van der Waals surface area contributed by atoms with Crippen LogP contribution in [0.1, 0.15) is 0 Å². The summed E-state index contributed by atoms with van der Waals surface area (Å²) in [5, 5.41) is 6.29. The molecule has 0 aliphatic carbocycles. The van der Waals surface area contributed by atoms with Crippen molar-refractivity contribution in [2.24, 2.45) is 5.14 Å². The third-order valence-corrected chi connectivity index (χ3v) is 0.793. The SMILES string of the molecule is [CH-]=CC=[C-]S(N)(=O)=O.[Y]. The number of hydrogen-bond donors (Lipinski definition) is 1. The zero-order chi connectivity index (χ0) is 6.62. The van der Waals surface area contributed by atoms with E-state index in [1.807, 2.05) is 5.41 Å². The molecule has 3 nitrogen and oxygen atoms in total. The van der Waals surface area contributed by atoms with E-state index in [0.29, 0.717) is 0 Å². The summed E-state index contributed by atoms with van der Waals surface area (Å²) in [5.41, 5.74) is 0. The average Bonchev–Trinajstić information content (AvgIpc) is 1.59. The number of rotatable bonds is 2. The Morgan fingerprint density at radius 3 is 2.11 bits per heavy atom. The molecule has 0 unspecified atom stereocenters. The fraction of sp³-hybridized carbons (Fsp3) is 0. The second kappa shape index (κ2) is 5.29. The molecule has 0 fully saturated rings. The Morgan fingerprint density at radius 2 is 2.00 bits per heavy atom. The van der Waals surface area contributed by atoms with Gasteiger partial charge in [-0.25, -0.2) is 19.0 Å². The van der Waals surface area contributed by atoms with Crippen molar-refractivity contribution in [3.63, 3.8) is 0 Å². The van der Waals surface area contributed by atoms with E-state index < -0.39 is 10.0 Å². The van der Waals surface area contributed by atoms with Crippen LogP contribution in [0.3, 0.4) is 0 Å². The molecular formula is C4H5NO2SY-2. The summed E-state index contributed by atoms with van der Waals surface area (Å²) in [7, 11) is -3.60. The van der Waals surface area contributed by atoms with Gasteiger partial charge in [0, 0.05) is 32.7 Å². The second-order valence-corrected chi connectivity index (χ2v) is 2.35. The summed E-state index contributed by atoms with van der Waals surface area (Å²) in [5.74, 6) is 0. The molecule has 0 heterocycles. The predicted molar refractivity (Wildman–Crippen MR) is 29.8 cm³/mol. The topological polar surface area (TPSA) is 60.2 Å². The fourth-order valence-corrected chi connectivity index (χ4v) is 0.402. The molecule has 0 amide bonds. The van der Waals surface area contributed by atoms with Gasteiger partial charge in [0.15, 0.2) is 0 Å². The molecule has 0 aromatic carbocycles. The normalized spacial score (nSPS) is 10.8. The van der Waals surface area contributed by atoms with Crippen molar-refractivity contribution in [1.82, 2.24) is 0 Å². The standard InChI is InChI=1S/C4H5NO2S.Y/c1-2-3-4-8(5,6)7;/h1-3H,(H2,5,6,7);/q-2;. The van der Waals surface area contributed by atoms with Gasteiger partial charge in [-0.05, 0) is 0 Å². The van der Waals surface area contributed by atoms with E-state index >= 15 is 0 Å². The summed E-state index contributed by atoms with van der Waals surface area (Å²) in [6.07, 6.45) is 2.06. The van der Waals surface area contributed by atoms with Gasteiger partial charge in [-0.2, -0.15) is 0 Å². The van der Waals surface area contributed by atoms with Crippen LogP contribution in [0, 0.1) is 12.0 Å². The van der Waals surface area contributed by atoms with Crippen molar-refractivity contribution in [2.75, 3.05) is 0 Å². The summed E-state index contributed by atoms with van der Waals surface area (Å²) >= 11 is 0. The predicted octanol–water partition coefficient (Wildman–Crippen LogP) is -0.422. The van der Waals surface area contributed by atoms with Crippen molar-refractivity contribution in [3.8, 4) is 0 Å². The summed E-state index contributed by atoms with van der Waals surface area (Å²) < 4.78 is 19.9. The fourth-order valence-electron chi connectivity index (χ4n) is 0.134. The molecule has 0 saturated carbocycles. The van der Waals surface area contributed by atoms with Crippen LogP contribution < -0.4 is 5.14 Å². The van der Waals surface area contributed by atoms with E-state index in [1.54, 1.807) is 0 Å². The molecule has 0 aliphatic heterocycles. The van der Waals surface area contributed by atoms with E-state index in [1.165, 1.54) is 0 Å². The molecule has 0 bridgehead atoms. The Hall–Kier alpha value is 0.494. The molecule has 0 rings (SSSR count). The zero-order valence-corrected chi connectivity index (χ0v) is 8.27. The smallest absolute Gasteiger partial charge is 0.137 e. The third kappa shape index (κ3) is 11.9. The minimum Gasteiger partial charge on any atom is -0.394 e. The number of nitrogens with two attached hydrogens (primary N) is 1. The number of sulfonamides is 1. The molecule has 0 aliphatic rings. The Bertz CT molecular complexity index is 195. The van der Waals surface area contributed by atoms with Crippen LogP contribution in [0.25, 0.3) is 0 Å². The van der Waals surface area contributed by atoms with Crippen LogP contribution in [0.4, 0.5) is 0 Å². The van der Waals surface area contributed by atoms with Gasteiger partial charge in [-0.15, -0.1) is 0 Å². The monoisotopic (exact) mass is 220 g/mol. The average molecular weight is 220 g/mol. The van der Waals surface area contributed by atoms with Gasteiger partial charge in [-0.1, -0.05) is 0 Å². The zero-order valence-electron chi connectivity index (χ0n) is 4.61. The number of hydrogen-bond acceptors (Lipinski definition) is 2. The van der Waals surface area contributed by atoms with Crippen molar-refractivity contribution in [3.05, 3.63) is 24.1 Å². The minimum absolute atomic E-state index is 0. The molecule has 9 heavy (non-hydrogen) atoms. The van der Waals surface area contributed by atoms with Crippen molar-refractivity contribution in [2.45, 2.75) is 0 Å². The van der Waals surface area contributed by atoms with Crippen LogP contribution in [0.5, 0.6) is 0 Å². The Labute approximate surface area is 79.9 Å². The van der Waals surface area contributed by atoms with Gasteiger partial charge in [0.25, 0.3) is 0 Å². The van der Waals surface area contributed by atoms with Gasteiger partial charge >= 0.3 is 0 Å². The van der Waals surface area contributed by atoms with Gasteiger partial charge < -0.3 is 18.7 Å². The molecule has 0 aromatic heterocycles. The van der Waals surface area contributed by atoms with Crippen molar-refractivity contribution < 1.29 is 41.1 Å². The van der Waals surface area contributed by atoms with Crippen molar-refractivity contribution in [1.29, 1.82) is 0 Å². The minimum atomic E-state index is -3.60. The number of primary sulfonamides is 1. The molecular weight excluding hydrogens is 215 g/mol. The van der Waals surface area contributed by atoms with E-state index in [2.05, 4.69) is 5.14 Å². The summed E-state index contributed by atoms with van der Waals surface area (Å²) in [6.45, 7) is 4.77. The number of allylic oxidation sites excluding steroid dienone is 2. The summed E-state index contributed by atoms with van der Waals surface area (Å²) in [6, 6.07) is 0. The maximum absolute atomic E-state index is 9.95. The van der Waals surface area contributed by atoms with Crippen LogP contribution in [0.15, 0.2) is 12.2 Å². The summed E-state index contributed by atoms with van der Waals surface area (Å²) in [4.78, 5) is 0. The van der Waals surface area contributed by atoms with Crippen LogP contribution >= 0.6 is 0 Å².